The minimum atomic E-state index is -0.845. The lowest BCUT2D eigenvalue weighted by Crippen LogP contribution is -2.51. The highest BCUT2D eigenvalue weighted by atomic mass is 35.5. The molecule has 3 N–H and O–H groups in total. The Morgan fingerprint density at radius 2 is 1.86 bits per heavy atom. The number of ether oxygens (including phenoxy) is 1. The van der Waals surface area contributed by atoms with E-state index in [1.807, 2.05) is 0 Å². The molecule has 118 valence electrons. The summed E-state index contributed by atoms with van der Waals surface area (Å²) in [6.45, 7) is 1.44. The average Bonchev–Trinajstić information content (AvgIpc) is 2.45. The molecule has 21 heavy (non-hydrogen) atoms. The Hall–Kier alpha value is -0.720. The molecule has 1 fully saturated rings. The standard InChI is InChI=1S/C13H16Cl2N2O3.ClH/c1-20-13(2-4-16-5-3-13)12(19)17-8-6-9(14)11(18)10(15)7-8;/h6-7,16,18H,2-5H2,1H3,(H,17,19);1H. The molecular formula is C13H17Cl3N2O3. The van der Waals surface area contributed by atoms with Crippen LogP contribution in [-0.4, -0.2) is 36.8 Å². The van der Waals surface area contributed by atoms with Crippen molar-refractivity contribution in [3.8, 4) is 5.75 Å². The molecule has 1 aromatic carbocycles. The third-order valence-electron chi connectivity index (χ3n) is 3.49. The molecule has 2 rings (SSSR count). The molecule has 1 heterocycles. The fourth-order valence-corrected chi connectivity index (χ4v) is 2.72. The molecule has 1 aliphatic rings. The highest BCUT2D eigenvalue weighted by molar-refractivity contribution is 6.37. The van der Waals surface area contributed by atoms with E-state index in [0.29, 0.717) is 18.5 Å². The van der Waals surface area contributed by atoms with Gasteiger partial charge in [-0.15, -0.1) is 12.4 Å². The number of halogens is 3. The predicted octanol–water partition coefficient (Wildman–Crippen LogP) is 2.83. The van der Waals surface area contributed by atoms with Crippen molar-refractivity contribution in [2.75, 3.05) is 25.5 Å². The van der Waals surface area contributed by atoms with Gasteiger partial charge >= 0.3 is 0 Å². The fourth-order valence-electron chi connectivity index (χ4n) is 2.24. The third kappa shape index (κ3) is 3.93. The lowest BCUT2D eigenvalue weighted by Gasteiger charge is -2.34. The van der Waals surface area contributed by atoms with Crippen LogP contribution in [0.15, 0.2) is 12.1 Å². The van der Waals surface area contributed by atoms with Crippen LogP contribution in [0, 0.1) is 0 Å². The molecule has 1 saturated heterocycles. The number of methoxy groups -OCH3 is 1. The summed E-state index contributed by atoms with van der Waals surface area (Å²) in [7, 11) is 1.53. The van der Waals surface area contributed by atoms with Crippen molar-refractivity contribution >= 4 is 47.2 Å². The van der Waals surface area contributed by atoms with Gasteiger partial charge in [0.25, 0.3) is 5.91 Å². The number of aromatic hydroxyl groups is 1. The second-order valence-corrected chi connectivity index (χ2v) is 5.51. The SMILES string of the molecule is COC1(C(=O)Nc2cc(Cl)c(O)c(Cl)c2)CCNCC1.Cl. The molecule has 0 unspecified atom stereocenters. The average molecular weight is 356 g/mol. The molecule has 0 radical (unpaired) electrons. The first-order valence-corrected chi connectivity index (χ1v) is 6.99. The number of rotatable bonds is 3. The van der Waals surface area contributed by atoms with Crippen LogP contribution in [0.4, 0.5) is 5.69 Å². The molecular weight excluding hydrogens is 339 g/mol. The van der Waals surface area contributed by atoms with E-state index < -0.39 is 5.60 Å². The molecule has 0 bridgehead atoms. The predicted molar refractivity (Wildman–Crippen MR) is 85.8 cm³/mol. The first-order chi connectivity index (χ1) is 9.48. The number of piperidine rings is 1. The smallest absolute Gasteiger partial charge is 0.256 e. The zero-order valence-electron chi connectivity index (χ0n) is 11.4. The number of hydrogen-bond acceptors (Lipinski definition) is 4. The summed E-state index contributed by atoms with van der Waals surface area (Å²) in [5.41, 5.74) is -0.417. The summed E-state index contributed by atoms with van der Waals surface area (Å²) in [6, 6.07) is 2.90. The maximum Gasteiger partial charge on any atom is 0.256 e. The van der Waals surface area contributed by atoms with E-state index in [4.69, 9.17) is 27.9 Å². The summed E-state index contributed by atoms with van der Waals surface area (Å²) < 4.78 is 5.43. The molecule has 1 aliphatic heterocycles. The molecule has 0 atom stereocenters. The maximum atomic E-state index is 12.4. The van der Waals surface area contributed by atoms with E-state index in [1.165, 1.54) is 19.2 Å². The molecule has 1 aromatic rings. The molecule has 1 amide bonds. The number of anilines is 1. The number of carbonyl (C=O) groups excluding carboxylic acids is 1. The first-order valence-electron chi connectivity index (χ1n) is 6.24. The van der Waals surface area contributed by atoms with Gasteiger partial charge in [-0.1, -0.05) is 23.2 Å². The second-order valence-electron chi connectivity index (χ2n) is 4.69. The number of nitrogens with one attached hydrogen (secondary N) is 2. The van der Waals surface area contributed by atoms with Gasteiger partial charge in [-0.05, 0) is 38.1 Å². The molecule has 0 aliphatic carbocycles. The van der Waals surface area contributed by atoms with Gasteiger partial charge in [-0.25, -0.2) is 0 Å². The minimum absolute atomic E-state index is 0. The topological polar surface area (TPSA) is 70.6 Å². The number of benzene rings is 1. The maximum absolute atomic E-state index is 12.4. The van der Waals surface area contributed by atoms with E-state index in [2.05, 4.69) is 10.6 Å². The minimum Gasteiger partial charge on any atom is -0.505 e. The van der Waals surface area contributed by atoms with Gasteiger partial charge in [0.15, 0.2) is 5.75 Å². The van der Waals surface area contributed by atoms with Gasteiger partial charge in [-0.2, -0.15) is 0 Å². The van der Waals surface area contributed by atoms with Crippen molar-refractivity contribution in [1.29, 1.82) is 0 Å². The highest BCUT2D eigenvalue weighted by Crippen LogP contribution is 2.35. The van der Waals surface area contributed by atoms with Crippen molar-refractivity contribution in [3.05, 3.63) is 22.2 Å². The monoisotopic (exact) mass is 354 g/mol. The quantitative estimate of drug-likeness (QED) is 0.729. The van der Waals surface area contributed by atoms with Crippen molar-refractivity contribution < 1.29 is 14.6 Å². The number of carbonyl (C=O) groups is 1. The van der Waals surface area contributed by atoms with Crippen LogP contribution in [0.2, 0.25) is 10.0 Å². The Balaban J connectivity index is 0.00000220. The molecule has 8 heteroatoms. The number of phenolic OH excluding ortho intramolecular Hbond substituents is 1. The van der Waals surface area contributed by atoms with E-state index in [1.54, 1.807) is 0 Å². The Morgan fingerprint density at radius 1 is 1.33 bits per heavy atom. The zero-order valence-corrected chi connectivity index (χ0v) is 13.7. The summed E-state index contributed by atoms with van der Waals surface area (Å²) in [5, 5.41) is 15.6. The van der Waals surface area contributed by atoms with Crippen molar-refractivity contribution in [2.24, 2.45) is 0 Å². The van der Waals surface area contributed by atoms with Gasteiger partial charge in [0.2, 0.25) is 0 Å². The van der Waals surface area contributed by atoms with Crippen LogP contribution in [0.3, 0.4) is 0 Å². The van der Waals surface area contributed by atoms with Crippen LogP contribution in [-0.2, 0) is 9.53 Å². The lowest BCUT2D eigenvalue weighted by molar-refractivity contribution is -0.140. The van der Waals surface area contributed by atoms with E-state index in [9.17, 15) is 9.90 Å². The van der Waals surface area contributed by atoms with Crippen LogP contribution in [0.25, 0.3) is 0 Å². The van der Waals surface area contributed by atoms with Crippen molar-refractivity contribution in [2.45, 2.75) is 18.4 Å². The molecule has 5 nitrogen and oxygen atoms in total. The van der Waals surface area contributed by atoms with E-state index in [-0.39, 0.29) is 34.1 Å². The van der Waals surface area contributed by atoms with Crippen LogP contribution in [0.5, 0.6) is 5.75 Å². The van der Waals surface area contributed by atoms with Crippen LogP contribution in [0.1, 0.15) is 12.8 Å². The Bertz CT molecular complexity index is 496. The first kappa shape index (κ1) is 18.3. The summed E-state index contributed by atoms with van der Waals surface area (Å²) in [5.74, 6) is -0.436. The van der Waals surface area contributed by atoms with Gasteiger partial charge in [0.05, 0.1) is 10.0 Å². The molecule has 0 aromatic heterocycles. The summed E-state index contributed by atoms with van der Waals surface area (Å²) in [4.78, 5) is 12.4. The highest BCUT2D eigenvalue weighted by Gasteiger charge is 2.39. The Morgan fingerprint density at radius 3 is 2.33 bits per heavy atom. The van der Waals surface area contributed by atoms with Crippen molar-refractivity contribution in [3.63, 3.8) is 0 Å². The van der Waals surface area contributed by atoms with Gasteiger partial charge < -0.3 is 20.5 Å². The van der Waals surface area contributed by atoms with E-state index in [0.717, 1.165) is 13.1 Å². The fraction of sp³-hybridized carbons (Fsp3) is 0.462. The number of amides is 1. The Labute approximate surface area is 139 Å². The summed E-state index contributed by atoms with van der Waals surface area (Å²) >= 11 is 11.7. The van der Waals surface area contributed by atoms with Crippen LogP contribution < -0.4 is 10.6 Å². The largest absolute Gasteiger partial charge is 0.505 e. The van der Waals surface area contributed by atoms with Gasteiger partial charge in [0.1, 0.15) is 5.60 Å². The molecule has 0 spiro atoms. The van der Waals surface area contributed by atoms with E-state index >= 15 is 0 Å². The third-order valence-corrected chi connectivity index (χ3v) is 4.07. The normalized spacial score (nSPS) is 16.9. The Kier molecular flexibility index (Phi) is 6.56. The van der Waals surface area contributed by atoms with Crippen LogP contribution >= 0.6 is 35.6 Å². The number of phenols is 1. The summed E-state index contributed by atoms with van der Waals surface area (Å²) in [6.07, 6.45) is 1.18. The lowest BCUT2D eigenvalue weighted by atomic mass is 9.91. The number of hydrogen-bond donors (Lipinski definition) is 3. The zero-order chi connectivity index (χ0) is 14.8. The van der Waals surface area contributed by atoms with Gasteiger partial charge in [-0.3, -0.25) is 4.79 Å². The second kappa shape index (κ2) is 7.51. The van der Waals surface area contributed by atoms with Crippen molar-refractivity contribution in [1.82, 2.24) is 5.32 Å². The van der Waals surface area contributed by atoms with Gasteiger partial charge in [0, 0.05) is 12.8 Å². The molecule has 0 saturated carbocycles.